The number of carbonyl (C=O) groups excluding carboxylic acids is 1. The fourth-order valence-corrected chi connectivity index (χ4v) is 3.45. The van der Waals surface area contributed by atoms with Gasteiger partial charge in [-0.2, -0.15) is 5.10 Å². The third kappa shape index (κ3) is 6.28. The number of hydrogen-bond acceptors (Lipinski definition) is 5. The minimum atomic E-state index is -3.66. The van der Waals surface area contributed by atoms with Gasteiger partial charge in [0.25, 0.3) is 15.9 Å². The Labute approximate surface area is 169 Å². The number of rotatable bonds is 8. The van der Waals surface area contributed by atoms with Crippen molar-refractivity contribution in [2.75, 3.05) is 4.72 Å². The molecule has 1 unspecified atom stereocenters. The summed E-state index contributed by atoms with van der Waals surface area (Å²) in [6.07, 6.45) is 4.53. The SMILES string of the molecule is CC(Cn1cncn1)NC(=O)c1ccc(NS(=O)(=O)C=Cc2ccccc2)cc1. The van der Waals surface area contributed by atoms with Gasteiger partial charge in [-0.1, -0.05) is 30.3 Å². The highest BCUT2D eigenvalue weighted by molar-refractivity contribution is 7.95. The van der Waals surface area contributed by atoms with E-state index in [1.165, 1.54) is 12.4 Å². The summed E-state index contributed by atoms with van der Waals surface area (Å²) < 4.78 is 28.5. The highest BCUT2D eigenvalue weighted by atomic mass is 32.2. The second kappa shape index (κ2) is 9.16. The number of benzene rings is 2. The van der Waals surface area contributed by atoms with E-state index in [4.69, 9.17) is 0 Å². The van der Waals surface area contributed by atoms with E-state index >= 15 is 0 Å². The molecule has 0 aliphatic carbocycles. The van der Waals surface area contributed by atoms with E-state index in [-0.39, 0.29) is 11.9 Å². The molecule has 1 atom stereocenters. The molecule has 3 aromatic rings. The zero-order valence-electron chi connectivity index (χ0n) is 15.8. The molecule has 0 saturated carbocycles. The Kier molecular flexibility index (Phi) is 6.40. The second-order valence-electron chi connectivity index (χ2n) is 6.43. The Bertz CT molecular complexity index is 1060. The molecule has 29 heavy (non-hydrogen) atoms. The van der Waals surface area contributed by atoms with Crippen molar-refractivity contribution >= 4 is 27.7 Å². The summed E-state index contributed by atoms with van der Waals surface area (Å²) in [6, 6.07) is 15.2. The normalized spacial score (nSPS) is 12.6. The predicted octanol–water partition coefficient (Wildman–Crippen LogP) is 2.51. The van der Waals surface area contributed by atoms with Crippen LogP contribution < -0.4 is 10.0 Å². The highest BCUT2D eigenvalue weighted by Crippen LogP contribution is 2.13. The molecule has 2 N–H and O–H groups in total. The Hall–Kier alpha value is -3.46. The Morgan fingerprint density at radius 2 is 1.86 bits per heavy atom. The Morgan fingerprint density at radius 3 is 2.52 bits per heavy atom. The van der Waals surface area contributed by atoms with E-state index in [9.17, 15) is 13.2 Å². The average molecular weight is 411 g/mol. The van der Waals surface area contributed by atoms with E-state index in [0.29, 0.717) is 17.8 Å². The minimum Gasteiger partial charge on any atom is -0.348 e. The van der Waals surface area contributed by atoms with Crippen LogP contribution in [-0.4, -0.2) is 35.1 Å². The molecule has 1 aromatic heterocycles. The largest absolute Gasteiger partial charge is 0.348 e. The van der Waals surface area contributed by atoms with Crippen molar-refractivity contribution in [1.29, 1.82) is 0 Å². The van der Waals surface area contributed by atoms with E-state index < -0.39 is 10.0 Å². The number of amides is 1. The lowest BCUT2D eigenvalue weighted by molar-refractivity contribution is 0.0936. The number of sulfonamides is 1. The van der Waals surface area contributed by atoms with E-state index in [1.807, 2.05) is 37.3 Å². The van der Waals surface area contributed by atoms with Gasteiger partial charge in [-0.15, -0.1) is 0 Å². The Morgan fingerprint density at radius 1 is 1.14 bits per heavy atom. The lowest BCUT2D eigenvalue weighted by atomic mass is 10.2. The molecule has 0 fully saturated rings. The molecule has 3 rings (SSSR count). The van der Waals surface area contributed by atoms with Crippen molar-refractivity contribution < 1.29 is 13.2 Å². The van der Waals surface area contributed by atoms with Crippen LogP contribution in [0.3, 0.4) is 0 Å². The number of aromatic nitrogens is 3. The fourth-order valence-electron chi connectivity index (χ4n) is 2.58. The van der Waals surface area contributed by atoms with E-state index in [1.54, 1.807) is 35.3 Å². The number of carbonyl (C=O) groups is 1. The molecule has 1 amide bonds. The van der Waals surface area contributed by atoms with Gasteiger partial charge < -0.3 is 5.32 Å². The van der Waals surface area contributed by atoms with Crippen LogP contribution >= 0.6 is 0 Å². The third-order valence-electron chi connectivity index (χ3n) is 3.95. The predicted molar refractivity (Wildman–Crippen MR) is 111 cm³/mol. The quantitative estimate of drug-likeness (QED) is 0.592. The summed E-state index contributed by atoms with van der Waals surface area (Å²) in [5.74, 6) is -0.254. The minimum absolute atomic E-state index is 0.148. The van der Waals surface area contributed by atoms with E-state index in [2.05, 4.69) is 20.1 Å². The molecule has 9 heteroatoms. The van der Waals surface area contributed by atoms with Crippen molar-refractivity contribution in [2.45, 2.75) is 19.5 Å². The summed E-state index contributed by atoms with van der Waals surface area (Å²) in [5, 5.41) is 7.97. The van der Waals surface area contributed by atoms with Crippen LogP contribution in [0.2, 0.25) is 0 Å². The molecule has 0 radical (unpaired) electrons. The number of nitrogens with one attached hydrogen (secondary N) is 2. The molecule has 8 nitrogen and oxygen atoms in total. The summed E-state index contributed by atoms with van der Waals surface area (Å²) in [5.41, 5.74) is 1.58. The van der Waals surface area contributed by atoms with Gasteiger partial charge in [-0.25, -0.2) is 13.4 Å². The molecule has 2 aromatic carbocycles. The molecule has 0 aliphatic rings. The topological polar surface area (TPSA) is 106 Å². The van der Waals surface area contributed by atoms with Gasteiger partial charge in [0, 0.05) is 17.3 Å². The van der Waals surface area contributed by atoms with Gasteiger partial charge >= 0.3 is 0 Å². The van der Waals surface area contributed by atoms with Crippen LogP contribution in [0.1, 0.15) is 22.8 Å². The van der Waals surface area contributed by atoms with Gasteiger partial charge in [0.1, 0.15) is 12.7 Å². The molecular formula is C20H21N5O3S. The number of nitrogens with zero attached hydrogens (tertiary/aromatic N) is 3. The van der Waals surface area contributed by atoms with Gasteiger partial charge in [0.2, 0.25) is 0 Å². The van der Waals surface area contributed by atoms with Crippen LogP contribution in [0.4, 0.5) is 5.69 Å². The van der Waals surface area contributed by atoms with Gasteiger partial charge in [-0.05, 0) is 42.8 Å². The second-order valence-corrected chi connectivity index (χ2v) is 8.00. The maximum atomic E-state index is 12.3. The van der Waals surface area contributed by atoms with Crippen molar-refractivity contribution in [2.24, 2.45) is 0 Å². The lowest BCUT2D eigenvalue weighted by Crippen LogP contribution is -2.35. The van der Waals surface area contributed by atoms with Gasteiger partial charge in [-0.3, -0.25) is 14.2 Å². The Balaban J connectivity index is 1.57. The van der Waals surface area contributed by atoms with Crippen LogP contribution in [0.25, 0.3) is 6.08 Å². The first-order valence-electron chi connectivity index (χ1n) is 8.90. The van der Waals surface area contributed by atoms with Crippen molar-refractivity contribution in [3.8, 4) is 0 Å². The monoisotopic (exact) mass is 411 g/mol. The summed E-state index contributed by atoms with van der Waals surface area (Å²) in [7, 11) is -3.66. The zero-order chi connectivity index (χ0) is 20.7. The van der Waals surface area contributed by atoms with E-state index in [0.717, 1.165) is 11.0 Å². The van der Waals surface area contributed by atoms with Crippen LogP contribution in [-0.2, 0) is 16.6 Å². The molecule has 0 spiro atoms. The molecule has 0 saturated heterocycles. The first-order valence-corrected chi connectivity index (χ1v) is 10.5. The molecule has 1 heterocycles. The average Bonchev–Trinajstić information content (AvgIpc) is 3.20. The van der Waals surface area contributed by atoms with Crippen LogP contribution in [0.5, 0.6) is 0 Å². The van der Waals surface area contributed by atoms with Crippen molar-refractivity contribution in [3.63, 3.8) is 0 Å². The smallest absolute Gasteiger partial charge is 0.255 e. The molecular weight excluding hydrogens is 390 g/mol. The molecule has 150 valence electrons. The maximum Gasteiger partial charge on any atom is 0.255 e. The zero-order valence-corrected chi connectivity index (χ0v) is 16.6. The number of anilines is 1. The first kappa shape index (κ1) is 20.3. The number of hydrogen-bond donors (Lipinski definition) is 2. The maximum absolute atomic E-state index is 12.3. The highest BCUT2D eigenvalue weighted by Gasteiger charge is 2.11. The van der Waals surface area contributed by atoms with Crippen LogP contribution in [0.15, 0.2) is 72.7 Å². The first-order chi connectivity index (χ1) is 13.9. The standard InChI is InChI=1S/C20H21N5O3S/c1-16(13-25-15-21-14-22-25)23-20(26)18-7-9-19(10-8-18)24-29(27,28)12-11-17-5-3-2-4-6-17/h2-12,14-16,24H,13H2,1H3,(H,23,26). The molecule has 0 aliphatic heterocycles. The molecule has 0 bridgehead atoms. The van der Waals surface area contributed by atoms with Crippen molar-refractivity contribution in [1.82, 2.24) is 20.1 Å². The summed E-state index contributed by atoms with van der Waals surface area (Å²) in [6.45, 7) is 2.36. The lowest BCUT2D eigenvalue weighted by Gasteiger charge is -2.14. The van der Waals surface area contributed by atoms with Gasteiger partial charge in [0.15, 0.2) is 0 Å². The fraction of sp³-hybridized carbons (Fsp3) is 0.150. The third-order valence-corrected chi connectivity index (χ3v) is 4.97. The van der Waals surface area contributed by atoms with Crippen molar-refractivity contribution in [3.05, 3.63) is 83.8 Å². The van der Waals surface area contributed by atoms with Gasteiger partial charge in [0.05, 0.1) is 12.0 Å². The summed E-state index contributed by atoms with van der Waals surface area (Å²) >= 11 is 0. The van der Waals surface area contributed by atoms with Crippen LogP contribution in [0, 0.1) is 0 Å². The summed E-state index contributed by atoms with van der Waals surface area (Å²) in [4.78, 5) is 16.2.